The first-order valence-electron chi connectivity index (χ1n) is 9.81. The van der Waals surface area contributed by atoms with Gasteiger partial charge in [-0.3, -0.25) is 9.36 Å². The molecule has 1 saturated heterocycles. The number of aromatic nitrogens is 4. The van der Waals surface area contributed by atoms with Crippen LogP contribution in [0.5, 0.6) is 0 Å². The third-order valence-corrected chi connectivity index (χ3v) is 5.72. The van der Waals surface area contributed by atoms with Gasteiger partial charge in [-0.15, -0.1) is 0 Å². The van der Waals surface area contributed by atoms with E-state index in [0.717, 1.165) is 22.8 Å². The van der Waals surface area contributed by atoms with Crippen LogP contribution in [0.2, 0.25) is 0 Å². The number of hydrogen-bond donors (Lipinski definition) is 1. The van der Waals surface area contributed by atoms with Gasteiger partial charge in [0.2, 0.25) is 11.9 Å². The van der Waals surface area contributed by atoms with Crippen LogP contribution in [0.25, 0.3) is 5.95 Å². The molecule has 0 bridgehead atoms. The molecular weight excluding hydrogens is 366 g/mol. The number of imidazole rings is 1. The summed E-state index contributed by atoms with van der Waals surface area (Å²) in [4.78, 5) is 26.7. The van der Waals surface area contributed by atoms with Gasteiger partial charge < -0.3 is 10.1 Å². The lowest BCUT2D eigenvalue weighted by Gasteiger charge is -2.36. The number of ether oxygens (including phenoxy) is 1. The van der Waals surface area contributed by atoms with Gasteiger partial charge in [0.1, 0.15) is 5.82 Å². The molecular formula is C22H25N5O2. The minimum absolute atomic E-state index is 0.0470. The molecule has 1 N–H and O–H groups in total. The number of nitrogens with zero attached hydrogens (tertiary/aromatic N) is 4. The summed E-state index contributed by atoms with van der Waals surface area (Å²) in [5.74, 6) is 1.33. The van der Waals surface area contributed by atoms with E-state index in [4.69, 9.17) is 4.74 Å². The molecule has 0 radical (unpaired) electrons. The quantitative estimate of drug-likeness (QED) is 0.738. The average molecular weight is 391 g/mol. The minimum atomic E-state index is -0.604. The molecule has 0 spiro atoms. The number of aryl methyl sites for hydroxylation is 2. The average Bonchev–Trinajstić information content (AvgIpc) is 3.01. The van der Waals surface area contributed by atoms with E-state index in [9.17, 15) is 4.79 Å². The first-order valence-corrected chi connectivity index (χ1v) is 9.81. The molecule has 150 valence electrons. The fourth-order valence-corrected chi connectivity index (χ4v) is 3.95. The lowest BCUT2D eigenvalue weighted by Crippen LogP contribution is -2.44. The van der Waals surface area contributed by atoms with E-state index >= 15 is 0 Å². The van der Waals surface area contributed by atoms with Crippen LogP contribution in [0.4, 0.5) is 5.69 Å². The van der Waals surface area contributed by atoms with Crippen molar-refractivity contribution in [2.24, 2.45) is 0 Å². The molecule has 4 rings (SSSR count). The second-order valence-electron chi connectivity index (χ2n) is 7.45. The molecule has 29 heavy (non-hydrogen) atoms. The van der Waals surface area contributed by atoms with Crippen LogP contribution in [-0.2, 0) is 14.9 Å². The van der Waals surface area contributed by atoms with Crippen molar-refractivity contribution in [1.29, 1.82) is 0 Å². The number of carbonyl (C=O) groups is 1. The van der Waals surface area contributed by atoms with Gasteiger partial charge in [0.25, 0.3) is 0 Å². The van der Waals surface area contributed by atoms with Gasteiger partial charge in [-0.2, -0.15) is 0 Å². The number of anilines is 1. The van der Waals surface area contributed by atoms with Crippen LogP contribution in [0, 0.1) is 20.8 Å². The zero-order valence-corrected chi connectivity index (χ0v) is 17.0. The summed E-state index contributed by atoms with van der Waals surface area (Å²) < 4.78 is 7.43. The lowest BCUT2D eigenvalue weighted by atomic mass is 9.73. The van der Waals surface area contributed by atoms with Crippen LogP contribution >= 0.6 is 0 Å². The molecule has 1 aliphatic heterocycles. The third kappa shape index (κ3) is 3.53. The fraction of sp³-hybridized carbons (Fsp3) is 0.364. The van der Waals surface area contributed by atoms with Crippen molar-refractivity contribution in [3.05, 3.63) is 65.5 Å². The van der Waals surface area contributed by atoms with Gasteiger partial charge in [0, 0.05) is 18.9 Å². The first-order chi connectivity index (χ1) is 14.0. The van der Waals surface area contributed by atoms with Crippen LogP contribution < -0.4 is 5.32 Å². The molecule has 2 aromatic heterocycles. The van der Waals surface area contributed by atoms with Crippen molar-refractivity contribution >= 4 is 11.6 Å². The highest BCUT2D eigenvalue weighted by molar-refractivity contribution is 5.99. The zero-order chi connectivity index (χ0) is 20.4. The maximum atomic E-state index is 13.3. The van der Waals surface area contributed by atoms with Crippen molar-refractivity contribution in [3.8, 4) is 5.95 Å². The molecule has 7 nitrogen and oxygen atoms in total. The molecule has 3 heterocycles. The van der Waals surface area contributed by atoms with E-state index in [1.54, 1.807) is 12.4 Å². The van der Waals surface area contributed by atoms with Gasteiger partial charge in [0.05, 0.1) is 29.2 Å². The van der Waals surface area contributed by atoms with Crippen LogP contribution in [0.3, 0.4) is 0 Å². The summed E-state index contributed by atoms with van der Waals surface area (Å²) in [6, 6.07) is 9.92. The molecule has 1 fully saturated rings. The van der Waals surface area contributed by atoms with Gasteiger partial charge in [-0.05, 0) is 39.2 Å². The van der Waals surface area contributed by atoms with Crippen molar-refractivity contribution < 1.29 is 9.53 Å². The SMILES string of the molecule is Cc1nc(C)n(-c2ncc(NC(=O)C3(c4ccccc4)CCOCC3)cn2)c1C. The highest BCUT2D eigenvalue weighted by Crippen LogP contribution is 2.36. The van der Waals surface area contributed by atoms with Crippen LogP contribution in [0.1, 0.15) is 35.6 Å². The van der Waals surface area contributed by atoms with Gasteiger partial charge in [0.15, 0.2) is 0 Å². The molecule has 3 aromatic rings. The number of carbonyl (C=O) groups excluding carboxylic acids is 1. The first kappa shape index (κ1) is 19.3. The third-order valence-electron chi connectivity index (χ3n) is 5.72. The Morgan fingerprint density at radius 1 is 1.07 bits per heavy atom. The molecule has 1 aromatic carbocycles. The minimum Gasteiger partial charge on any atom is -0.381 e. The molecule has 0 aliphatic carbocycles. The Bertz CT molecular complexity index is 1010. The summed E-state index contributed by atoms with van der Waals surface area (Å²) in [5, 5.41) is 3.02. The van der Waals surface area contributed by atoms with Gasteiger partial charge >= 0.3 is 0 Å². The standard InChI is InChI=1S/C22H25N5O2/c1-15-16(2)27(17(3)25-15)21-23-13-19(14-24-21)26-20(28)22(9-11-29-12-10-22)18-7-5-4-6-8-18/h4-8,13-14H,9-12H2,1-3H3,(H,26,28). The van der Waals surface area contributed by atoms with E-state index in [1.165, 1.54) is 0 Å². The lowest BCUT2D eigenvalue weighted by molar-refractivity contribution is -0.125. The summed E-state index contributed by atoms with van der Waals surface area (Å²) >= 11 is 0. The molecule has 0 saturated carbocycles. The van der Waals surface area contributed by atoms with E-state index < -0.39 is 5.41 Å². The predicted octanol–water partition coefficient (Wildman–Crippen LogP) is 3.27. The number of nitrogens with one attached hydrogen (secondary N) is 1. The molecule has 1 amide bonds. The van der Waals surface area contributed by atoms with Crippen LogP contribution in [0.15, 0.2) is 42.7 Å². The van der Waals surface area contributed by atoms with Crippen LogP contribution in [-0.4, -0.2) is 38.6 Å². The Hall–Kier alpha value is -3.06. The predicted molar refractivity (Wildman–Crippen MR) is 110 cm³/mol. The Labute approximate surface area is 170 Å². The highest BCUT2D eigenvalue weighted by atomic mass is 16.5. The smallest absolute Gasteiger partial charge is 0.235 e. The molecule has 1 aliphatic rings. The number of hydrogen-bond acceptors (Lipinski definition) is 5. The largest absolute Gasteiger partial charge is 0.381 e. The van der Waals surface area contributed by atoms with Crippen molar-refractivity contribution in [1.82, 2.24) is 19.5 Å². The fourth-order valence-electron chi connectivity index (χ4n) is 3.95. The maximum Gasteiger partial charge on any atom is 0.235 e. The topological polar surface area (TPSA) is 81.9 Å². The van der Waals surface area contributed by atoms with Crippen molar-refractivity contribution in [3.63, 3.8) is 0 Å². The van der Waals surface area contributed by atoms with Crippen molar-refractivity contribution in [2.75, 3.05) is 18.5 Å². The van der Waals surface area contributed by atoms with E-state index in [2.05, 4.69) is 20.3 Å². The van der Waals surface area contributed by atoms with E-state index in [0.29, 0.717) is 37.7 Å². The monoisotopic (exact) mass is 391 g/mol. The zero-order valence-electron chi connectivity index (χ0n) is 17.0. The van der Waals surface area contributed by atoms with Gasteiger partial charge in [-0.25, -0.2) is 15.0 Å². The Balaban J connectivity index is 1.59. The normalized spacial score (nSPS) is 15.8. The van der Waals surface area contributed by atoms with E-state index in [-0.39, 0.29) is 5.91 Å². The summed E-state index contributed by atoms with van der Waals surface area (Å²) in [6.07, 6.45) is 4.59. The Morgan fingerprint density at radius 3 is 2.31 bits per heavy atom. The molecule has 0 atom stereocenters. The van der Waals surface area contributed by atoms with Crippen molar-refractivity contribution in [2.45, 2.75) is 39.0 Å². The second-order valence-corrected chi connectivity index (χ2v) is 7.45. The summed E-state index contributed by atoms with van der Waals surface area (Å²) in [7, 11) is 0. The van der Waals surface area contributed by atoms with E-state index in [1.807, 2.05) is 55.7 Å². The maximum absolute atomic E-state index is 13.3. The Kier molecular flexibility index (Phi) is 5.15. The van der Waals surface area contributed by atoms with Gasteiger partial charge in [-0.1, -0.05) is 30.3 Å². The highest BCUT2D eigenvalue weighted by Gasteiger charge is 2.41. The number of benzene rings is 1. The Morgan fingerprint density at radius 2 is 1.72 bits per heavy atom. The number of rotatable bonds is 4. The number of amides is 1. The summed E-state index contributed by atoms with van der Waals surface area (Å²) in [6.45, 7) is 7.01. The second kappa shape index (κ2) is 7.75. The molecule has 0 unspecified atom stereocenters. The summed E-state index contributed by atoms with van der Waals surface area (Å²) in [5.41, 5.74) is 2.94. The molecule has 7 heteroatoms.